The van der Waals surface area contributed by atoms with Crippen LogP contribution in [-0.4, -0.2) is 50.3 Å². The molecule has 1 saturated heterocycles. The van der Waals surface area contributed by atoms with E-state index in [-0.39, 0.29) is 41.9 Å². The zero-order chi connectivity index (χ0) is 20.6. The molecule has 0 saturated carbocycles. The number of benzene rings is 1. The van der Waals surface area contributed by atoms with Crippen molar-refractivity contribution in [2.45, 2.75) is 25.5 Å². The quantitative estimate of drug-likeness (QED) is 0.312. The fraction of sp³-hybridized carbons (Fsp3) is 0.429. The molecule has 3 rings (SSSR count). The third kappa shape index (κ3) is 6.68. The number of nitrogens with zero attached hydrogens (tertiary/aromatic N) is 3. The smallest absolute Gasteiger partial charge is 0.191 e. The van der Waals surface area contributed by atoms with Crippen LogP contribution in [0.25, 0.3) is 0 Å². The van der Waals surface area contributed by atoms with Crippen molar-refractivity contribution in [2.75, 3.05) is 38.2 Å². The van der Waals surface area contributed by atoms with Gasteiger partial charge in [-0.3, -0.25) is 4.99 Å². The molecule has 6 nitrogen and oxygen atoms in total. The Labute approximate surface area is 199 Å². The molecule has 0 spiro atoms. The zero-order valence-corrected chi connectivity index (χ0v) is 20.2. The van der Waals surface area contributed by atoms with Gasteiger partial charge in [-0.25, -0.2) is 9.37 Å². The number of hydrogen-bond acceptors (Lipinski definition) is 4. The van der Waals surface area contributed by atoms with Crippen LogP contribution in [0.3, 0.4) is 0 Å². The van der Waals surface area contributed by atoms with E-state index in [1.165, 1.54) is 12.1 Å². The lowest BCUT2D eigenvalue weighted by Gasteiger charge is -2.21. The van der Waals surface area contributed by atoms with Gasteiger partial charge in [-0.1, -0.05) is 23.7 Å². The number of ether oxygens (including phenoxy) is 1. The van der Waals surface area contributed by atoms with Crippen LogP contribution in [0.1, 0.15) is 25.0 Å². The second kappa shape index (κ2) is 12.3. The van der Waals surface area contributed by atoms with Gasteiger partial charge in [0.1, 0.15) is 17.7 Å². The highest BCUT2D eigenvalue weighted by Gasteiger charge is 2.25. The molecule has 1 fully saturated rings. The average molecular weight is 548 g/mol. The Balaban J connectivity index is 0.00000320. The number of methoxy groups -OCH3 is 1. The molecule has 2 unspecified atom stereocenters. The molecule has 1 aliphatic rings. The van der Waals surface area contributed by atoms with Gasteiger partial charge in [-0.15, -0.1) is 24.0 Å². The molecule has 0 bridgehead atoms. The molecule has 9 heteroatoms. The Hall–Kier alpha value is -1.65. The van der Waals surface area contributed by atoms with E-state index in [1.54, 1.807) is 25.4 Å². The van der Waals surface area contributed by atoms with E-state index in [0.717, 1.165) is 43.4 Å². The maximum Gasteiger partial charge on any atom is 0.191 e. The fourth-order valence-electron chi connectivity index (χ4n) is 3.36. The van der Waals surface area contributed by atoms with Crippen molar-refractivity contribution in [3.63, 3.8) is 0 Å². The zero-order valence-electron chi connectivity index (χ0n) is 17.1. The minimum Gasteiger partial charge on any atom is -0.375 e. The van der Waals surface area contributed by atoms with Crippen LogP contribution in [-0.2, 0) is 4.74 Å². The van der Waals surface area contributed by atoms with E-state index in [0.29, 0.717) is 11.6 Å². The first kappa shape index (κ1) is 24.6. The normalized spacial score (nSPS) is 17.4. The molecule has 1 aliphatic heterocycles. The molecule has 164 valence electrons. The molecule has 2 heterocycles. The van der Waals surface area contributed by atoms with Gasteiger partial charge in [-0.05, 0) is 43.2 Å². The fourth-order valence-corrected chi connectivity index (χ4v) is 3.60. The molecule has 0 aliphatic carbocycles. The Bertz CT molecular complexity index is 823. The molecule has 0 amide bonds. The summed E-state index contributed by atoms with van der Waals surface area (Å²) in [5.74, 6) is 1.28. The van der Waals surface area contributed by atoms with Crippen molar-refractivity contribution in [2.24, 2.45) is 4.99 Å². The van der Waals surface area contributed by atoms with Gasteiger partial charge in [0.15, 0.2) is 5.96 Å². The minimum absolute atomic E-state index is 0. The first-order valence-electron chi connectivity index (χ1n) is 9.79. The number of hydrogen-bond donors (Lipinski definition) is 2. The van der Waals surface area contributed by atoms with Gasteiger partial charge in [0.2, 0.25) is 0 Å². The van der Waals surface area contributed by atoms with Crippen LogP contribution in [0.2, 0.25) is 5.02 Å². The van der Waals surface area contributed by atoms with E-state index in [9.17, 15) is 4.39 Å². The Kier molecular flexibility index (Phi) is 10.1. The lowest BCUT2D eigenvalue weighted by molar-refractivity contribution is 0.111. The van der Waals surface area contributed by atoms with Crippen molar-refractivity contribution < 1.29 is 9.13 Å². The Morgan fingerprint density at radius 3 is 2.80 bits per heavy atom. The topological polar surface area (TPSA) is 61.8 Å². The summed E-state index contributed by atoms with van der Waals surface area (Å²) in [4.78, 5) is 11.3. The third-order valence-corrected chi connectivity index (χ3v) is 5.15. The number of halogens is 3. The molecule has 2 atom stereocenters. The van der Waals surface area contributed by atoms with Gasteiger partial charge in [0.25, 0.3) is 0 Å². The van der Waals surface area contributed by atoms with Gasteiger partial charge in [0, 0.05) is 39.0 Å². The first-order valence-corrected chi connectivity index (χ1v) is 10.2. The highest BCUT2D eigenvalue weighted by atomic mass is 127. The molecule has 2 aromatic rings. The number of guanidine groups is 1. The molecular weight excluding hydrogens is 520 g/mol. The summed E-state index contributed by atoms with van der Waals surface area (Å²) in [6, 6.07) is 10.2. The SMILES string of the molecule is CCNC(=NCC(OC)c1ccc(F)cc1)NC1CCN(c2ncccc2Cl)C1.I. The number of rotatable bonds is 7. The summed E-state index contributed by atoms with van der Waals surface area (Å²) in [5, 5.41) is 7.43. The highest BCUT2D eigenvalue weighted by Crippen LogP contribution is 2.25. The Morgan fingerprint density at radius 2 is 2.13 bits per heavy atom. The van der Waals surface area contributed by atoms with E-state index in [4.69, 9.17) is 16.3 Å². The second-order valence-electron chi connectivity index (χ2n) is 6.88. The van der Waals surface area contributed by atoms with Gasteiger partial charge in [0.05, 0.1) is 11.6 Å². The summed E-state index contributed by atoms with van der Waals surface area (Å²) >= 11 is 6.28. The van der Waals surface area contributed by atoms with E-state index in [2.05, 4.69) is 25.5 Å². The standard InChI is InChI=1S/C21H27ClFN5O.HI/c1-3-24-21(26-13-19(29-2)15-6-8-16(23)9-7-15)27-17-10-12-28(14-17)20-18(22)5-4-11-25-20;/h4-9,11,17,19H,3,10,12-14H2,1-2H3,(H2,24,26,27);1H. The van der Waals surface area contributed by atoms with Crippen LogP contribution < -0.4 is 15.5 Å². The van der Waals surface area contributed by atoms with Gasteiger partial charge in [-0.2, -0.15) is 0 Å². The lowest BCUT2D eigenvalue weighted by Crippen LogP contribution is -2.45. The van der Waals surface area contributed by atoms with Crippen molar-refractivity contribution in [1.82, 2.24) is 15.6 Å². The number of aliphatic imine (C=N–C) groups is 1. The van der Waals surface area contributed by atoms with Crippen LogP contribution >= 0.6 is 35.6 Å². The van der Waals surface area contributed by atoms with E-state index in [1.807, 2.05) is 19.1 Å². The molecule has 1 aromatic heterocycles. The number of aromatic nitrogens is 1. The molecule has 1 aromatic carbocycles. The summed E-state index contributed by atoms with van der Waals surface area (Å²) in [6.45, 7) is 4.89. The molecular formula is C21H28ClFIN5O. The second-order valence-corrected chi connectivity index (χ2v) is 7.29. The monoisotopic (exact) mass is 547 g/mol. The summed E-state index contributed by atoms with van der Waals surface area (Å²) < 4.78 is 18.7. The minimum atomic E-state index is -0.263. The largest absolute Gasteiger partial charge is 0.375 e. The predicted molar refractivity (Wildman–Crippen MR) is 131 cm³/mol. The van der Waals surface area contributed by atoms with Crippen LogP contribution in [0.5, 0.6) is 0 Å². The predicted octanol–water partition coefficient (Wildman–Crippen LogP) is 4.01. The third-order valence-electron chi connectivity index (χ3n) is 4.85. The summed E-state index contributed by atoms with van der Waals surface area (Å²) in [5.41, 5.74) is 0.894. The van der Waals surface area contributed by atoms with E-state index >= 15 is 0 Å². The number of pyridine rings is 1. The lowest BCUT2D eigenvalue weighted by atomic mass is 10.1. The highest BCUT2D eigenvalue weighted by molar-refractivity contribution is 14.0. The first-order chi connectivity index (χ1) is 14.1. The van der Waals surface area contributed by atoms with E-state index < -0.39 is 0 Å². The van der Waals surface area contributed by atoms with Gasteiger partial charge >= 0.3 is 0 Å². The molecule has 30 heavy (non-hydrogen) atoms. The Morgan fingerprint density at radius 1 is 1.37 bits per heavy atom. The van der Waals surface area contributed by atoms with Crippen molar-refractivity contribution in [3.05, 3.63) is 59.0 Å². The van der Waals surface area contributed by atoms with Gasteiger partial charge < -0.3 is 20.3 Å². The summed E-state index contributed by atoms with van der Waals surface area (Å²) in [7, 11) is 1.63. The van der Waals surface area contributed by atoms with Crippen molar-refractivity contribution in [3.8, 4) is 0 Å². The maximum atomic E-state index is 13.2. The van der Waals surface area contributed by atoms with Crippen molar-refractivity contribution in [1.29, 1.82) is 0 Å². The molecule has 2 N–H and O–H groups in total. The maximum absolute atomic E-state index is 13.2. The van der Waals surface area contributed by atoms with Crippen LogP contribution in [0.4, 0.5) is 10.2 Å². The number of nitrogens with one attached hydrogen (secondary N) is 2. The molecule has 0 radical (unpaired) electrons. The summed E-state index contributed by atoms with van der Waals surface area (Å²) in [6.07, 6.45) is 2.48. The van der Waals surface area contributed by atoms with Crippen LogP contribution in [0.15, 0.2) is 47.6 Å². The number of anilines is 1. The van der Waals surface area contributed by atoms with Crippen LogP contribution in [0, 0.1) is 5.82 Å². The van der Waals surface area contributed by atoms with Crippen molar-refractivity contribution >= 4 is 47.4 Å². The average Bonchev–Trinajstić information content (AvgIpc) is 3.18.